The molecule has 1 aromatic heterocycles. The number of thiophene rings is 1. The van der Waals surface area contributed by atoms with Crippen molar-refractivity contribution in [1.29, 1.82) is 5.26 Å². The predicted molar refractivity (Wildman–Crippen MR) is 145 cm³/mol. The maximum Gasteiger partial charge on any atom is 0.229 e. The van der Waals surface area contributed by atoms with E-state index in [1.54, 1.807) is 11.3 Å². The highest BCUT2D eigenvalue weighted by molar-refractivity contribution is 7.16. The van der Waals surface area contributed by atoms with Crippen LogP contribution in [0.2, 0.25) is 0 Å². The van der Waals surface area contributed by atoms with Crippen LogP contribution in [0.25, 0.3) is 11.1 Å². The molecular formula is C29H26ClN3OS. The van der Waals surface area contributed by atoms with Gasteiger partial charge in [-0.3, -0.25) is 9.69 Å². The van der Waals surface area contributed by atoms with E-state index < -0.39 is 0 Å². The smallest absolute Gasteiger partial charge is 0.229 e. The first kappa shape index (κ1) is 24.7. The van der Waals surface area contributed by atoms with E-state index in [9.17, 15) is 10.1 Å². The van der Waals surface area contributed by atoms with Crippen LogP contribution in [0.4, 0.5) is 5.00 Å². The van der Waals surface area contributed by atoms with Crippen LogP contribution in [0, 0.1) is 11.3 Å². The number of nitrogens with zero attached hydrogens (tertiary/aromatic N) is 2. The minimum Gasteiger partial charge on any atom is -0.316 e. The number of carbonyl (C=O) groups is 1. The quantitative estimate of drug-likeness (QED) is 0.331. The molecule has 5 rings (SSSR count). The molecule has 0 radical (unpaired) electrons. The Morgan fingerprint density at radius 2 is 1.57 bits per heavy atom. The molecule has 176 valence electrons. The van der Waals surface area contributed by atoms with Gasteiger partial charge in [0.25, 0.3) is 0 Å². The molecule has 4 nitrogen and oxygen atoms in total. The van der Waals surface area contributed by atoms with E-state index in [4.69, 9.17) is 0 Å². The van der Waals surface area contributed by atoms with E-state index in [0.717, 1.165) is 48.3 Å². The Kier molecular flexibility index (Phi) is 7.99. The number of carbonyl (C=O) groups excluding carboxylic acids is 1. The fourth-order valence-electron chi connectivity index (χ4n) is 4.44. The van der Waals surface area contributed by atoms with Gasteiger partial charge in [0.15, 0.2) is 0 Å². The molecule has 1 aliphatic rings. The zero-order valence-electron chi connectivity index (χ0n) is 19.2. The SMILES string of the molecule is Cl.N#Cc1c(NC(=O)Cc2ccc(-c3ccccc3)cc2)sc2c1CCN(Cc1ccccc1)C2. The first-order valence-electron chi connectivity index (χ1n) is 11.4. The Balaban J connectivity index is 0.00000289. The van der Waals surface area contributed by atoms with Gasteiger partial charge in [0.2, 0.25) is 5.91 Å². The molecule has 0 aliphatic carbocycles. The Morgan fingerprint density at radius 1 is 0.914 bits per heavy atom. The van der Waals surface area contributed by atoms with Gasteiger partial charge in [0.05, 0.1) is 12.0 Å². The molecule has 0 atom stereocenters. The monoisotopic (exact) mass is 499 g/mol. The van der Waals surface area contributed by atoms with Crippen molar-refractivity contribution in [2.24, 2.45) is 0 Å². The maximum atomic E-state index is 12.8. The highest BCUT2D eigenvalue weighted by Gasteiger charge is 2.25. The molecule has 4 aromatic rings. The van der Waals surface area contributed by atoms with Crippen LogP contribution in [0.3, 0.4) is 0 Å². The lowest BCUT2D eigenvalue weighted by atomic mass is 10.0. The highest BCUT2D eigenvalue weighted by atomic mass is 35.5. The number of hydrogen-bond acceptors (Lipinski definition) is 4. The summed E-state index contributed by atoms with van der Waals surface area (Å²) in [7, 11) is 0. The third-order valence-corrected chi connectivity index (χ3v) is 7.31. The molecule has 6 heteroatoms. The molecule has 2 heterocycles. The lowest BCUT2D eigenvalue weighted by Crippen LogP contribution is -2.29. The van der Waals surface area contributed by atoms with Crippen LogP contribution < -0.4 is 5.32 Å². The number of halogens is 1. The number of fused-ring (bicyclic) bond motifs is 1. The Bertz CT molecular complexity index is 1330. The van der Waals surface area contributed by atoms with Gasteiger partial charge in [0, 0.05) is 24.5 Å². The molecule has 1 N–H and O–H groups in total. The number of amides is 1. The molecule has 0 fully saturated rings. The molecule has 35 heavy (non-hydrogen) atoms. The van der Waals surface area contributed by atoms with E-state index >= 15 is 0 Å². The second kappa shape index (κ2) is 11.3. The molecule has 1 aliphatic heterocycles. The number of hydrogen-bond donors (Lipinski definition) is 1. The first-order chi connectivity index (χ1) is 16.7. The molecule has 0 unspecified atom stereocenters. The lowest BCUT2D eigenvalue weighted by Gasteiger charge is -2.26. The minimum atomic E-state index is -0.0938. The fraction of sp³-hybridized carbons (Fsp3) is 0.172. The van der Waals surface area contributed by atoms with E-state index in [2.05, 4.69) is 52.7 Å². The molecule has 0 bridgehead atoms. The molecule has 1 amide bonds. The van der Waals surface area contributed by atoms with Crippen molar-refractivity contribution in [3.63, 3.8) is 0 Å². The van der Waals surface area contributed by atoms with Crippen LogP contribution in [-0.2, 0) is 30.7 Å². The largest absolute Gasteiger partial charge is 0.316 e. The summed E-state index contributed by atoms with van der Waals surface area (Å²) in [5.74, 6) is -0.0938. The maximum absolute atomic E-state index is 12.8. The summed E-state index contributed by atoms with van der Waals surface area (Å²) in [6.45, 7) is 2.61. The van der Waals surface area contributed by atoms with Gasteiger partial charge in [-0.05, 0) is 34.2 Å². The average Bonchev–Trinajstić information content (AvgIpc) is 3.21. The molecule has 3 aromatic carbocycles. The van der Waals surface area contributed by atoms with Crippen molar-refractivity contribution >= 4 is 34.7 Å². The fourth-order valence-corrected chi connectivity index (χ4v) is 5.70. The molecule has 0 saturated heterocycles. The second-order valence-electron chi connectivity index (χ2n) is 8.55. The van der Waals surface area contributed by atoms with Crippen LogP contribution in [0.1, 0.15) is 27.1 Å². The van der Waals surface area contributed by atoms with Crippen molar-refractivity contribution < 1.29 is 4.79 Å². The molecular weight excluding hydrogens is 474 g/mol. The lowest BCUT2D eigenvalue weighted by molar-refractivity contribution is -0.115. The number of nitriles is 1. The van der Waals surface area contributed by atoms with Gasteiger partial charge in [0.1, 0.15) is 11.1 Å². The van der Waals surface area contributed by atoms with Gasteiger partial charge in [-0.1, -0.05) is 84.9 Å². The van der Waals surface area contributed by atoms with Crippen molar-refractivity contribution in [2.45, 2.75) is 25.9 Å². The topological polar surface area (TPSA) is 56.1 Å². The Labute approximate surface area is 216 Å². The summed E-state index contributed by atoms with van der Waals surface area (Å²) in [6.07, 6.45) is 1.11. The standard InChI is InChI=1S/C29H25N3OS.ClH/c30-18-26-25-15-16-32(19-22-7-3-1-4-8-22)20-27(25)34-29(26)31-28(33)17-21-11-13-24(14-12-21)23-9-5-2-6-10-23;/h1-14H,15-17,19-20H2,(H,31,33);1H. The zero-order valence-corrected chi connectivity index (χ0v) is 20.9. The van der Waals surface area contributed by atoms with E-state index in [1.165, 1.54) is 10.4 Å². The highest BCUT2D eigenvalue weighted by Crippen LogP contribution is 2.37. The van der Waals surface area contributed by atoms with Crippen LogP contribution in [0.15, 0.2) is 84.9 Å². The summed E-state index contributed by atoms with van der Waals surface area (Å²) in [5, 5.41) is 13.5. The van der Waals surface area contributed by atoms with Crippen LogP contribution in [0.5, 0.6) is 0 Å². The van der Waals surface area contributed by atoms with Gasteiger partial charge >= 0.3 is 0 Å². The van der Waals surface area contributed by atoms with Crippen molar-refractivity contribution in [3.05, 3.63) is 112 Å². The van der Waals surface area contributed by atoms with E-state index in [1.807, 2.05) is 48.5 Å². The summed E-state index contributed by atoms with van der Waals surface area (Å²) in [6, 6.07) is 31.0. The molecule has 0 spiro atoms. The Hall–Kier alpha value is -3.43. The van der Waals surface area contributed by atoms with Gasteiger partial charge < -0.3 is 5.32 Å². The third kappa shape index (κ3) is 5.80. The minimum absolute atomic E-state index is 0. The summed E-state index contributed by atoms with van der Waals surface area (Å²) >= 11 is 1.54. The number of rotatable bonds is 6. The van der Waals surface area contributed by atoms with Crippen LogP contribution >= 0.6 is 23.7 Å². The Morgan fingerprint density at radius 3 is 2.26 bits per heavy atom. The average molecular weight is 500 g/mol. The first-order valence-corrected chi connectivity index (χ1v) is 12.3. The molecule has 0 saturated carbocycles. The third-order valence-electron chi connectivity index (χ3n) is 6.18. The van der Waals surface area contributed by atoms with Gasteiger partial charge in [-0.25, -0.2) is 0 Å². The summed E-state index contributed by atoms with van der Waals surface area (Å²) < 4.78 is 0. The number of benzene rings is 3. The van der Waals surface area contributed by atoms with Crippen molar-refractivity contribution in [2.75, 3.05) is 11.9 Å². The number of anilines is 1. The van der Waals surface area contributed by atoms with E-state index in [0.29, 0.717) is 10.6 Å². The van der Waals surface area contributed by atoms with Crippen molar-refractivity contribution in [3.8, 4) is 17.2 Å². The zero-order chi connectivity index (χ0) is 23.3. The normalized spacial score (nSPS) is 12.8. The summed E-state index contributed by atoms with van der Waals surface area (Å²) in [5.41, 5.74) is 6.25. The predicted octanol–water partition coefficient (Wildman–Crippen LogP) is 6.45. The summed E-state index contributed by atoms with van der Waals surface area (Å²) in [4.78, 5) is 16.4. The second-order valence-corrected chi connectivity index (χ2v) is 9.66. The van der Waals surface area contributed by atoms with Crippen molar-refractivity contribution in [1.82, 2.24) is 4.90 Å². The number of nitrogens with one attached hydrogen (secondary N) is 1. The van der Waals surface area contributed by atoms with Gasteiger partial charge in [-0.15, -0.1) is 23.7 Å². The van der Waals surface area contributed by atoms with E-state index in [-0.39, 0.29) is 24.7 Å². The van der Waals surface area contributed by atoms with Crippen LogP contribution in [-0.4, -0.2) is 17.4 Å². The van der Waals surface area contributed by atoms with Gasteiger partial charge in [-0.2, -0.15) is 5.26 Å².